The first-order valence-corrected chi connectivity index (χ1v) is 7.69. The number of ether oxygens (including phenoxy) is 2. The fourth-order valence-corrected chi connectivity index (χ4v) is 2.75. The molecule has 0 unspecified atom stereocenters. The molecule has 2 aromatic rings. The van der Waals surface area contributed by atoms with E-state index in [9.17, 15) is 4.79 Å². The largest absolute Gasteiger partial charge is 0.493 e. The van der Waals surface area contributed by atoms with Crippen molar-refractivity contribution < 1.29 is 14.3 Å². The Morgan fingerprint density at radius 1 is 1.32 bits per heavy atom. The Labute approximate surface area is 133 Å². The van der Waals surface area contributed by atoms with Gasteiger partial charge >= 0.3 is 0 Å². The summed E-state index contributed by atoms with van der Waals surface area (Å²) < 4.78 is 10.5. The summed E-state index contributed by atoms with van der Waals surface area (Å²) in [5.41, 5.74) is 7.02. The molecule has 0 aliphatic carbocycles. The highest BCUT2D eigenvalue weighted by Gasteiger charge is 2.11. The maximum Gasteiger partial charge on any atom is 0.226 e. The third-order valence-electron chi connectivity index (χ3n) is 2.99. The fourth-order valence-electron chi connectivity index (χ4n) is 1.93. The van der Waals surface area contributed by atoms with Gasteiger partial charge in [-0.1, -0.05) is 0 Å². The van der Waals surface area contributed by atoms with E-state index >= 15 is 0 Å². The molecule has 1 aromatic heterocycles. The summed E-state index contributed by atoms with van der Waals surface area (Å²) in [5, 5.41) is 5.45. The van der Waals surface area contributed by atoms with Crippen molar-refractivity contribution in [2.45, 2.75) is 6.42 Å². The number of nitrogens with two attached hydrogens (primary N) is 1. The molecule has 0 saturated heterocycles. The van der Waals surface area contributed by atoms with E-state index in [1.807, 2.05) is 23.6 Å². The Hall–Kier alpha value is -2.12. The molecular weight excluding hydrogens is 302 g/mol. The minimum atomic E-state index is -0.0744. The molecule has 7 heteroatoms. The molecule has 1 heterocycles. The van der Waals surface area contributed by atoms with E-state index in [4.69, 9.17) is 15.2 Å². The first-order valence-electron chi connectivity index (χ1n) is 6.81. The molecule has 0 saturated carbocycles. The van der Waals surface area contributed by atoms with E-state index in [0.717, 1.165) is 16.3 Å². The predicted octanol–water partition coefficient (Wildman–Crippen LogP) is 1.44. The lowest BCUT2D eigenvalue weighted by Gasteiger charge is -2.08. The van der Waals surface area contributed by atoms with Gasteiger partial charge in [0.25, 0.3) is 0 Å². The van der Waals surface area contributed by atoms with Gasteiger partial charge in [-0.3, -0.25) is 4.79 Å². The van der Waals surface area contributed by atoms with Crippen LogP contribution in [0.25, 0.3) is 10.6 Å². The standard InChI is InChI=1S/C15H19N3O3S/c1-20-12-4-3-10(7-13(12)21-2)15-18-11(9-22-15)8-14(19)17-6-5-16/h3-4,7,9H,5-6,8,16H2,1-2H3,(H,17,19). The van der Waals surface area contributed by atoms with Gasteiger partial charge in [-0.2, -0.15) is 0 Å². The van der Waals surface area contributed by atoms with Gasteiger partial charge in [-0.25, -0.2) is 4.98 Å². The number of hydrogen-bond donors (Lipinski definition) is 2. The number of benzene rings is 1. The van der Waals surface area contributed by atoms with E-state index < -0.39 is 0 Å². The molecule has 1 aromatic carbocycles. The zero-order chi connectivity index (χ0) is 15.9. The van der Waals surface area contributed by atoms with E-state index in [-0.39, 0.29) is 12.3 Å². The number of methoxy groups -OCH3 is 2. The lowest BCUT2D eigenvalue weighted by molar-refractivity contribution is -0.120. The Bertz CT molecular complexity index is 643. The van der Waals surface area contributed by atoms with Gasteiger partial charge in [0.1, 0.15) is 5.01 Å². The third-order valence-corrected chi connectivity index (χ3v) is 3.93. The van der Waals surface area contributed by atoms with Crippen LogP contribution >= 0.6 is 11.3 Å². The van der Waals surface area contributed by atoms with E-state index in [0.29, 0.717) is 24.6 Å². The van der Waals surface area contributed by atoms with Gasteiger partial charge in [-0.05, 0) is 18.2 Å². The number of carbonyl (C=O) groups is 1. The van der Waals surface area contributed by atoms with Crippen molar-refractivity contribution in [3.8, 4) is 22.1 Å². The van der Waals surface area contributed by atoms with Crippen LogP contribution in [0.5, 0.6) is 11.5 Å². The van der Waals surface area contributed by atoms with E-state index in [2.05, 4.69) is 10.3 Å². The summed E-state index contributed by atoms with van der Waals surface area (Å²) in [7, 11) is 3.19. The van der Waals surface area contributed by atoms with Crippen LogP contribution in [0, 0.1) is 0 Å². The first-order chi connectivity index (χ1) is 10.7. The molecule has 118 valence electrons. The highest BCUT2D eigenvalue weighted by atomic mass is 32.1. The number of nitrogens with one attached hydrogen (secondary N) is 1. The molecule has 0 spiro atoms. The van der Waals surface area contributed by atoms with E-state index in [1.165, 1.54) is 11.3 Å². The average molecular weight is 321 g/mol. The molecule has 0 aliphatic rings. The zero-order valence-electron chi connectivity index (χ0n) is 12.6. The maximum atomic E-state index is 11.7. The Balaban J connectivity index is 2.12. The second kappa shape index (κ2) is 7.77. The van der Waals surface area contributed by atoms with Crippen LogP contribution in [-0.4, -0.2) is 38.2 Å². The molecule has 0 atom stereocenters. The maximum absolute atomic E-state index is 11.7. The smallest absolute Gasteiger partial charge is 0.226 e. The second-order valence-electron chi connectivity index (χ2n) is 4.53. The van der Waals surface area contributed by atoms with Crippen molar-refractivity contribution in [1.82, 2.24) is 10.3 Å². The highest BCUT2D eigenvalue weighted by molar-refractivity contribution is 7.13. The number of rotatable bonds is 7. The van der Waals surface area contributed by atoms with Crippen molar-refractivity contribution in [2.75, 3.05) is 27.3 Å². The molecule has 0 fully saturated rings. The predicted molar refractivity (Wildman–Crippen MR) is 86.4 cm³/mol. The number of aromatic nitrogens is 1. The molecular formula is C15H19N3O3S. The molecule has 6 nitrogen and oxygen atoms in total. The summed E-state index contributed by atoms with van der Waals surface area (Å²) in [5.74, 6) is 1.25. The van der Waals surface area contributed by atoms with Crippen LogP contribution in [0.1, 0.15) is 5.69 Å². The lowest BCUT2D eigenvalue weighted by Crippen LogP contribution is -2.30. The summed E-state index contributed by atoms with van der Waals surface area (Å²) >= 11 is 1.49. The molecule has 22 heavy (non-hydrogen) atoms. The Kier molecular flexibility index (Phi) is 5.74. The van der Waals surface area contributed by atoms with Crippen LogP contribution in [0.3, 0.4) is 0 Å². The third kappa shape index (κ3) is 3.96. The number of thiazole rings is 1. The lowest BCUT2D eigenvalue weighted by atomic mass is 10.2. The monoisotopic (exact) mass is 321 g/mol. The molecule has 0 bridgehead atoms. The van der Waals surface area contributed by atoms with Crippen LogP contribution < -0.4 is 20.5 Å². The van der Waals surface area contributed by atoms with Crippen molar-refractivity contribution in [3.63, 3.8) is 0 Å². The fraction of sp³-hybridized carbons (Fsp3) is 0.333. The van der Waals surface area contributed by atoms with Gasteiger partial charge in [0, 0.05) is 24.0 Å². The summed E-state index contributed by atoms with van der Waals surface area (Å²) in [6.45, 7) is 0.908. The van der Waals surface area contributed by atoms with Gasteiger partial charge < -0.3 is 20.5 Å². The highest BCUT2D eigenvalue weighted by Crippen LogP contribution is 2.33. The minimum Gasteiger partial charge on any atom is -0.493 e. The van der Waals surface area contributed by atoms with Crippen LogP contribution in [0.15, 0.2) is 23.6 Å². The van der Waals surface area contributed by atoms with Gasteiger partial charge in [-0.15, -0.1) is 11.3 Å². The summed E-state index contributed by atoms with van der Waals surface area (Å²) in [4.78, 5) is 16.2. The summed E-state index contributed by atoms with van der Waals surface area (Å²) in [6, 6.07) is 5.62. The number of nitrogens with zero attached hydrogens (tertiary/aromatic N) is 1. The number of amides is 1. The quantitative estimate of drug-likeness (QED) is 0.806. The average Bonchev–Trinajstić information content (AvgIpc) is 3.00. The SMILES string of the molecule is COc1ccc(-c2nc(CC(=O)NCCN)cs2)cc1OC. The normalized spacial score (nSPS) is 10.3. The van der Waals surface area contributed by atoms with Gasteiger partial charge in [0.15, 0.2) is 11.5 Å². The molecule has 0 aliphatic heterocycles. The van der Waals surface area contributed by atoms with Crippen LogP contribution in [-0.2, 0) is 11.2 Å². The molecule has 3 N–H and O–H groups in total. The molecule has 0 radical (unpaired) electrons. The Morgan fingerprint density at radius 2 is 2.09 bits per heavy atom. The number of carbonyl (C=O) groups excluding carboxylic acids is 1. The van der Waals surface area contributed by atoms with Crippen molar-refractivity contribution in [2.24, 2.45) is 5.73 Å². The van der Waals surface area contributed by atoms with Crippen molar-refractivity contribution >= 4 is 17.2 Å². The van der Waals surface area contributed by atoms with Gasteiger partial charge in [0.2, 0.25) is 5.91 Å². The van der Waals surface area contributed by atoms with Crippen molar-refractivity contribution in [3.05, 3.63) is 29.3 Å². The molecule has 2 rings (SSSR count). The van der Waals surface area contributed by atoms with Crippen molar-refractivity contribution in [1.29, 1.82) is 0 Å². The van der Waals surface area contributed by atoms with E-state index in [1.54, 1.807) is 14.2 Å². The second-order valence-corrected chi connectivity index (χ2v) is 5.39. The number of hydrogen-bond acceptors (Lipinski definition) is 6. The topological polar surface area (TPSA) is 86.5 Å². The summed E-state index contributed by atoms with van der Waals surface area (Å²) in [6.07, 6.45) is 0.254. The van der Waals surface area contributed by atoms with Crippen LogP contribution in [0.4, 0.5) is 0 Å². The molecule has 1 amide bonds. The van der Waals surface area contributed by atoms with Crippen LogP contribution in [0.2, 0.25) is 0 Å². The Morgan fingerprint density at radius 3 is 2.77 bits per heavy atom. The van der Waals surface area contributed by atoms with Gasteiger partial charge in [0.05, 0.1) is 26.3 Å². The minimum absolute atomic E-state index is 0.0744. The first kappa shape index (κ1) is 16.3. The zero-order valence-corrected chi connectivity index (χ0v) is 13.4.